The van der Waals surface area contributed by atoms with Crippen molar-refractivity contribution >= 4 is 44.5 Å². The largest absolute Gasteiger partial charge is 0.455 e. The number of benzene rings is 2. The first-order valence-electron chi connectivity index (χ1n) is 10.9. The summed E-state index contributed by atoms with van der Waals surface area (Å²) in [6.07, 6.45) is 2.27. The van der Waals surface area contributed by atoms with Gasteiger partial charge in [0.05, 0.1) is 22.2 Å². The van der Waals surface area contributed by atoms with Crippen LogP contribution in [0.15, 0.2) is 102 Å². The molecule has 0 aliphatic rings. The lowest BCUT2D eigenvalue weighted by Gasteiger charge is -1.99. The Morgan fingerprint density at radius 1 is 0.600 bits per heavy atom. The van der Waals surface area contributed by atoms with Gasteiger partial charge in [0.2, 0.25) is 0 Å². The second-order valence-electron chi connectivity index (χ2n) is 7.80. The molecule has 206 valence electrons. The zero-order valence-electron chi connectivity index (χ0n) is 20.0. The number of hydrogen-bond acceptors (Lipinski definition) is 10. The van der Waals surface area contributed by atoms with Crippen LogP contribution >= 0.6 is 0 Å². The van der Waals surface area contributed by atoms with Crippen molar-refractivity contribution in [2.45, 2.75) is 9.79 Å². The minimum atomic E-state index is -4.32. The summed E-state index contributed by atoms with van der Waals surface area (Å²) in [4.78, 5) is 23.3. The van der Waals surface area contributed by atoms with Gasteiger partial charge in [-0.05, 0) is 72.8 Å². The predicted octanol–water partition coefficient (Wildman–Crippen LogP) is 2.30. The monoisotopic (exact) mass is 586 g/mol. The number of rotatable bonds is 8. The van der Waals surface area contributed by atoms with Gasteiger partial charge in [-0.3, -0.25) is 18.7 Å². The van der Waals surface area contributed by atoms with Crippen LogP contribution in [0.5, 0.6) is 0 Å². The molecule has 14 nitrogen and oxygen atoms in total. The highest BCUT2D eigenvalue weighted by atomic mass is 32.2. The van der Waals surface area contributed by atoms with E-state index in [9.17, 15) is 26.4 Å². The average molecular weight is 587 g/mol. The molecule has 2 amide bonds. The molecule has 16 heteroatoms. The molecule has 0 fully saturated rings. The molecule has 0 unspecified atom stereocenters. The summed E-state index contributed by atoms with van der Waals surface area (Å²) in [6.45, 7) is 0. The Balaban J connectivity index is 1.27. The van der Waals surface area contributed by atoms with Gasteiger partial charge in [-0.25, -0.2) is 10.9 Å². The third kappa shape index (κ3) is 7.14. The van der Waals surface area contributed by atoms with Crippen molar-refractivity contribution in [2.24, 2.45) is 10.2 Å². The number of nitrogens with one attached hydrogen (secondary N) is 2. The van der Waals surface area contributed by atoms with E-state index in [0.717, 1.165) is 12.4 Å². The number of nitrogens with zero attached hydrogens (tertiary/aromatic N) is 2. The van der Waals surface area contributed by atoms with E-state index in [1.54, 1.807) is 12.1 Å². The molecule has 2 aromatic carbocycles. The van der Waals surface area contributed by atoms with Crippen molar-refractivity contribution in [2.75, 3.05) is 0 Å². The second kappa shape index (κ2) is 11.5. The Kier molecular flexibility index (Phi) is 8.05. The number of carbonyl (C=O) groups is 2. The molecule has 2 aromatic heterocycles. The summed E-state index contributed by atoms with van der Waals surface area (Å²) >= 11 is 0. The van der Waals surface area contributed by atoms with E-state index >= 15 is 0 Å². The molecular formula is C24H18N4O10S2. The second-order valence-corrected chi connectivity index (χ2v) is 10.6. The molecular weight excluding hydrogens is 568 g/mol. The molecule has 0 aliphatic carbocycles. The third-order valence-electron chi connectivity index (χ3n) is 5.05. The van der Waals surface area contributed by atoms with Crippen LogP contribution in [0.3, 0.4) is 0 Å². The van der Waals surface area contributed by atoms with E-state index in [0.29, 0.717) is 22.6 Å². The van der Waals surface area contributed by atoms with Crippen LogP contribution in [0.2, 0.25) is 0 Å². The van der Waals surface area contributed by atoms with E-state index in [4.69, 9.17) is 17.9 Å². The Morgan fingerprint density at radius 2 is 0.950 bits per heavy atom. The number of hydrazone groups is 2. The molecule has 4 rings (SSSR count). The molecule has 0 saturated heterocycles. The van der Waals surface area contributed by atoms with E-state index in [1.807, 2.05) is 10.9 Å². The molecule has 0 spiro atoms. The standard InChI is InChI=1S/C24H18N4O10S2/c29-23(27-25-13-17-5-11-21(37-17)15-1-7-19(8-2-15)39(31,32)33)24(30)28-26-14-18-6-12-22(38-18)16-3-9-20(10-4-16)40(34,35)36/h1-14H,(H,27,29)(H,28,30)(H,31,32,33)(H,34,35,36). The van der Waals surface area contributed by atoms with Gasteiger partial charge in [-0.1, -0.05) is 0 Å². The van der Waals surface area contributed by atoms with E-state index < -0.39 is 32.1 Å². The van der Waals surface area contributed by atoms with E-state index in [-0.39, 0.29) is 21.3 Å². The van der Waals surface area contributed by atoms with Crippen molar-refractivity contribution in [1.82, 2.24) is 10.9 Å². The van der Waals surface area contributed by atoms with Gasteiger partial charge >= 0.3 is 11.8 Å². The minimum absolute atomic E-state index is 0.217. The fourth-order valence-electron chi connectivity index (χ4n) is 3.15. The molecule has 0 bridgehead atoms. The molecule has 0 atom stereocenters. The Morgan fingerprint density at radius 3 is 1.27 bits per heavy atom. The highest BCUT2D eigenvalue weighted by molar-refractivity contribution is 7.86. The first-order chi connectivity index (χ1) is 18.9. The Hall–Kier alpha value is -4.90. The highest BCUT2D eigenvalue weighted by Gasteiger charge is 2.13. The molecule has 2 heterocycles. The van der Waals surface area contributed by atoms with Gasteiger partial charge in [-0.2, -0.15) is 27.0 Å². The average Bonchev–Trinajstić information content (AvgIpc) is 3.58. The quantitative estimate of drug-likeness (QED) is 0.102. The van der Waals surface area contributed by atoms with E-state index in [2.05, 4.69) is 10.2 Å². The lowest BCUT2D eigenvalue weighted by molar-refractivity contribution is -0.139. The smallest absolute Gasteiger partial charge is 0.331 e. The summed E-state index contributed by atoms with van der Waals surface area (Å²) in [5.74, 6) is -1.10. The third-order valence-corrected chi connectivity index (χ3v) is 6.78. The maximum absolute atomic E-state index is 11.9. The van der Waals surface area contributed by atoms with Gasteiger partial charge in [0, 0.05) is 11.1 Å². The SMILES string of the molecule is O=C(NN=Cc1ccc(-c2ccc(S(=O)(=O)O)cc2)o1)C(=O)NN=Cc1ccc(-c2ccc(S(=O)(=O)O)cc2)o1. The van der Waals surface area contributed by atoms with Crippen molar-refractivity contribution in [3.63, 3.8) is 0 Å². The van der Waals surface area contributed by atoms with Gasteiger partial charge in [-0.15, -0.1) is 0 Å². The highest BCUT2D eigenvalue weighted by Crippen LogP contribution is 2.24. The lowest BCUT2D eigenvalue weighted by Crippen LogP contribution is -2.35. The van der Waals surface area contributed by atoms with Crippen LogP contribution in [0.1, 0.15) is 11.5 Å². The van der Waals surface area contributed by atoms with Crippen molar-refractivity contribution in [3.8, 4) is 22.6 Å². The van der Waals surface area contributed by atoms with Crippen LogP contribution in [0, 0.1) is 0 Å². The van der Waals surface area contributed by atoms with Crippen LogP contribution in [-0.4, -0.2) is 50.2 Å². The topological polar surface area (TPSA) is 218 Å². The predicted molar refractivity (Wildman–Crippen MR) is 139 cm³/mol. The van der Waals surface area contributed by atoms with Gasteiger partial charge in [0.1, 0.15) is 23.0 Å². The number of furan rings is 2. The maximum Gasteiger partial charge on any atom is 0.331 e. The number of amides is 2. The lowest BCUT2D eigenvalue weighted by atomic mass is 10.2. The fourth-order valence-corrected chi connectivity index (χ4v) is 4.11. The summed E-state index contributed by atoms with van der Waals surface area (Å²) in [6, 6.07) is 16.8. The zero-order chi connectivity index (χ0) is 28.9. The van der Waals surface area contributed by atoms with Crippen molar-refractivity contribution < 1.29 is 44.4 Å². The van der Waals surface area contributed by atoms with Crippen LogP contribution in [-0.2, 0) is 29.8 Å². The summed E-state index contributed by atoms with van der Waals surface area (Å²) in [5.41, 5.74) is 5.04. The molecule has 4 aromatic rings. The van der Waals surface area contributed by atoms with Gasteiger partial charge in [0.25, 0.3) is 20.2 Å². The van der Waals surface area contributed by atoms with Gasteiger partial charge in [0.15, 0.2) is 0 Å². The number of carbonyl (C=O) groups excluding carboxylic acids is 2. The molecule has 0 saturated carbocycles. The molecule has 4 N–H and O–H groups in total. The van der Waals surface area contributed by atoms with Crippen molar-refractivity contribution in [1.29, 1.82) is 0 Å². The van der Waals surface area contributed by atoms with Gasteiger partial charge < -0.3 is 8.83 Å². The fraction of sp³-hybridized carbons (Fsp3) is 0. The minimum Gasteiger partial charge on any atom is -0.455 e. The van der Waals surface area contributed by atoms with Crippen LogP contribution < -0.4 is 10.9 Å². The van der Waals surface area contributed by atoms with Crippen LogP contribution in [0.4, 0.5) is 0 Å². The van der Waals surface area contributed by atoms with Crippen molar-refractivity contribution in [3.05, 3.63) is 84.3 Å². The molecule has 40 heavy (non-hydrogen) atoms. The first kappa shape index (κ1) is 28.1. The summed E-state index contributed by atoms with van der Waals surface area (Å²) in [5, 5.41) is 7.25. The normalized spacial score (nSPS) is 12.2. The molecule has 0 radical (unpaired) electrons. The van der Waals surface area contributed by atoms with E-state index in [1.165, 1.54) is 60.7 Å². The zero-order valence-corrected chi connectivity index (χ0v) is 21.6. The first-order valence-corrected chi connectivity index (χ1v) is 13.8. The summed E-state index contributed by atoms with van der Waals surface area (Å²) < 4.78 is 73.6. The maximum atomic E-state index is 11.9. The molecule has 0 aliphatic heterocycles. The Labute approximate surface area is 226 Å². The number of hydrogen-bond donors (Lipinski definition) is 4. The Bertz CT molecular complexity index is 1680. The van der Waals surface area contributed by atoms with Crippen LogP contribution in [0.25, 0.3) is 22.6 Å². The summed E-state index contributed by atoms with van der Waals surface area (Å²) in [7, 11) is -8.64.